The van der Waals surface area contributed by atoms with Gasteiger partial charge in [-0.15, -0.1) is 0 Å². The first-order chi connectivity index (χ1) is 17.6. The number of anilines is 1. The van der Waals surface area contributed by atoms with Crippen molar-refractivity contribution in [1.82, 2.24) is 15.2 Å². The van der Waals surface area contributed by atoms with Crippen molar-refractivity contribution in [2.75, 3.05) is 11.9 Å². The average Bonchev–Trinajstić information content (AvgIpc) is 3.53. The number of aryl methyl sites for hydroxylation is 1. The lowest BCUT2D eigenvalue weighted by Crippen LogP contribution is -2.32. The van der Waals surface area contributed by atoms with Crippen molar-refractivity contribution in [1.29, 1.82) is 0 Å². The number of amides is 1. The SMILES string of the molecule is CCc1ccccc1NC(=O)CCN1C(=S)N[C@H](c2ccccn2)[C@@H]1c1ccc(-c2ccccc2)o1. The van der Waals surface area contributed by atoms with Crippen LogP contribution in [0.2, 0.25) is 0 Å². The van der Waals surface area contributed by atoms with E-state index in [0.717, 1.165) is 40.4 Å². The Hall–Kier alpha value is -3.97. The molecule has 3 heterocycles. The van der Waals surface area contributed by atoms with E-state index in [9.17, 15) is 4.79 Å². The van der Waals surface area contributed by atoms with Gasteiger partial charge in [0.1, 0.15) is 17.6 Å². The molecule has 0 unspecified atom stereocenters. The predicted octanol–water partition coefficient (Wildman–Crippen LogP) is 5.91. The topological polar surface area (TPSA) is 70.4 Å². The molecule has 6 nitrogen and oxygen atoms in total. The highest BCUT2D eigenvalue weighted by atomic mass is 32.1. The summed E-state index contributed by atoms with van der Waals surface area (Å²) in [4.78, 5) is 19.5. The van der Waals surface area contributed by atoms with Crippen LogP contribution >= 0.6 is 12.2 Å². The van der Waals surface area contributed by atoms with E-state index in [-0.39, 0.29) is 24.4 Å². The average molecular weight is 497 g/mol. The van der Waals surface area contributed by atoms with Gasteiger partial charge in [0.05, 0.1) is 11.7 Å². The standard InChI is InChI=1S/C29H28N4O2S/c1-2-20-10-6-7-13-22(20)31-26(34)17-19-33-28(27(32-29(33)36)23-14-8-9-18-30-23)25-16-15-24(35-25)21-11-4-3-5-12-21/h3-16,18,27-28H,2,17,19H2,1H3,(H,31,34)(H,32,36)/t27-,28+/m1/s1. The Morgan fingerprint density at radius 3 is 2.58 bits per heavy atom. The normalized spacial score (nSPS) is 17.1. The Morgan fingerprint density at radius 1 is 1.03 bits per heavy atom. The molecule has 2 aromatic heterocycles. The van der Waals surface area contributed by atoms with Crippen molar-refractivity contribution >= 4 is 28.9 Å². The summed E-state index contributed by atoms with van der Waals surface area (Å²) in [7, 11) is 0. The summed E-state index contributed by atoms with van der Waals surface area (Å²) in [5.74, 6) is 1.51. The molecule has 0 bridgehead atoms. The maximum Gasteiger partial charge on any atom is 0.226 e. The molecule has 1 aliphatic rings. The molecule has 2 aromatic carbocycles. The van der Waals surface area contributed by atoms with Crippen LogP contribution in [-0.2, 0) is 11.2 Å². The number of para-hydroxylation sites is 1. The van der Waals surface area contributed by atoms with Crippen molar-refractivity contribution in [2.45, 2.75) is 31.8 Å². The minimum Gasteiger partial charge on any atom is -0.459 e. The molecule has 1 saturated heterocycles. The molecule has 7 heteroatoms. The third kappa shape index (κ3) is 5.02. The minimum atomic E-state index is -0.236. The fourth-order valence-corrected chi connectivity index (χ4v) is 4.94. The first-order valence-corrected chi connectivity index (χ1v) is 12.6. The lowest BCUT2D eigenvalue weighted by Gasteiger charge is -2.26. The molecule has 2 atom stereocenters. The molecule has 0 aliphatic carbocycles. The maximum absolute atomic E-state index is 12.9. The van der Waals surface area contributed by atoms with Gasteiger partial charge in [-0.2, -0.15) is 0 Å². The molecule has 1 amide bonds. The van der Waals surface area contributed by atoms with Gasteiger partial charge in [-0.05, 0) is 54.5 Å². The van der Waals surface area contributed by atoms with Crippen molar-refractivity contribution in [3.63, 3.8) is 0 Å². The summed E-state index contributed by atoms with van der Waals surface area (Å²) in [6.45, 7) is 2.52. The summed E-state index contributed by atoms with van der Waals surface area (Å²) in [6, 6.07) is 27.3. The molecule has 5 rings (SSSR count). The first-order valence-electron chi connectivity index (χ1n) is 12.1. The Morgan fingerprint density at radius 2 is 1.81 bits per heavy atom. The number of furan rings is 1. The van der Waals surface area contributed by atoms with Crippen LogP contribution in [0.25, 0.3) is 11.3 Å². The monoisotopic (exact) mass is 496 g/mol. The number of carbonyl (C=O) groups is 1. The number of rotatable bonds is 8. The Bertz CT molecular complexity index is 1340. The van der Waals surface area contributed by atoms with Crippen molar-refractivity contribution in [3.8, 4) is 11.3 Å². The van der Waals surface area contributed by atoms with Gasteiger partial charge < -0.3 is 20.0 Å². The van der Waals surface area contributed by atoms with Gasteiger partial charge in [0, 0.05) is 30.4 Å². The summed E-state index contributed by atoms with van der Waals surface area (Å²) >= 11 is 5.73. The fraction of sp³-hybridized carbons (Fsp3) is 0.207. The maximum atomic E-state index is 12.9. The molecule has 36 heavy (non-hydrogen) atoms. The van der Waals surface area contributed by atoms with Crippen LogP contribution in [0.1, 0.15) is 42.4 Å². The molecule has 182 valence electrons. The number of benzene rings is 2. The zero-order valence-electron chi connectivity index (χ0n) is 20.1. The zero-order chi connectivity index (χ0) is 24.9. The molecule has 1 aliphatic heterocycles. The van der Waals surface area contributed by atoms with E-state index in [4.69, 9.17) is 16.6 Å². The second kappa shape index (κ2) is 10.7. The van der Waals surface area contributed by atoms with Gasteiger partial charge in [-0.3, -0.25) is 9.78 Å². The van der Waals surface area contributed by atoms with E-state index in [1.165, 1.54) is 0 Å². The molecule has 0 spiro atoms. The Kier molecular flexibility index (Phi) is 7.09. The quantitative estimate of drug-likeness (QED) is 0.296. The number of nitrogens with zero attached hydrogens (tertiary/aromatic N) is 2. The second-order valence-electron chi connectivity index (χ2n) is 8.70. The van der Waals surface area contributed by atoms with Crippen LogP contribution in [0, 0.1) is 0 Å². The van der Waals surface area contributed by atoms with Crippen molar-refractivity contribution < 1.29 is 9.21 Å². The second-order valence-corrected chi connectivity index (χ2v) is 9.08. The number of carbonyl (C=O) groups excluding carboxylic acids is 1. The zero-order valence-corrected chi connectivity index (χ0v) is 20.9. The number of nitrogens with one attached hydrogen (secondary N) is 2. The van der Waals surface area contributed by atoms with Gasteiger partial charge in [-0.1, -0.05) is 61.5 Å². The fourth-order valence-electron chi connectivity index (χ4n) is 4.61. The van der Waals surface area contributed by atoms with E-state index in [0.29, 0.717) is 11.7 Å². The lowest BCUT2D eigenvalue weighted by atomic mass is 10.0. The molecule has 0 saturated carbocycles. The number of hydrogen-bond acceptors (Lipinski definition) is 4. The molecule has 2 N–H and O–H groups in total. The molecule has 1 fully saturated rings. The highest BCUT2D eigenvalue weighted by Gasteiger charge is 2.41. The molecular weight excluding hydrogens is 468 g/mol. The largest absolute Gasteiger partial charge is 0.459 e. The lowest BCUT2D eigenvalue weighted by molar-refractivity contribution is -0.116. The van der Waals surface area contributed by atoms with E-state index >= 15 is 0 Å². The van der Waals surface area contributed by atoms with Crippen molar-refractivity contribution in [2.24, 2.45) is 0 Å². The summed E-state index contributed by atoms with van der Waals surface area (Å²) in [5, 5.41) is 7.05. The highest BCUT2D eigenvalue weighted by molar-refractivity contribution is 7.80. The number of pyridine rings is 1. The van der Waals surface area contributed by atoms with Crippen LogP contribution in [0.4, 0.5) is 5.69 Å². The molecule has 4 aromatic rings. The van der Waals surface area contributed by atoms with Gasteiger partial charge in [0.2, 0.25) is 5.91 Å². The minimum absolute atomic E-state index is 0.0526. The molecular formula is C29H28N4O2S. The van der Waals surface area contributed by atoms with E-state index < -0.39 is 0 Å². The number of hydrogen-bond donors (Lipinski definition) is 2. The van der Waals surface area contributed by atoms with E-state index in [2.05, 4.69) is 22.5 Å². The number of aromatic nitrogens is 1. The smallest absolute Gasteiger partial charge is 0.226 e. The van der Waals surface area contributed by atoms with Crippen molar-refractivity contribution in [3.05, 3.63) is 108 Å². The highest BCUT2D eigenvalue weighted by Crippen LogP contribution is 2.40. The third-order valence-electron chi connectivity index (χ3n) is 6.43. The summed E-state index contributed by atoms with van der Waals surface area (Å²) in [6.07, 6.45) is 2.92. The van der Waals surface area contributed by atoms with Gasteiger partial charge >= 0.3 is 0 Å². The third-order valence-corrected chi connectivity index (χ3v) is 6.78. The van der Waals surface area contributed by atoms with Crippen LogP contribution in [0.15, 0.2) is 95.5 Å². The predicted molar refractivity (Wildman–Crippen MR) is 145 cm³/mol. The van der Waals surface area contributed by atoms with Crippen LogP contribution in [0.5, 0.6) is 0 Å². The van der Waals surface area contributed by atoms with Crippen LogP contribution in [-0.4, -0.2) is 27.4 Å². The summed E-state index contributed by atoms with van der Waals surface area (Å²) in [5.41, 5.74) is 3.84. The Labute approximate surface area is 216 Å². The van der Waals surface area contributed by atoms with Crippen LogP contribution in [0.3, 0.4) is 0 Å². The van der Waals surface area contributed by atoms with Gasteiger partial charge in [0.15, 0.2) is 5.11 Å². The Balaban J connectivity index is 1.39. The number of thiocarbonyl (C=S) groups is 1. The van der Waals surface area contributed by atoms with E-state index in [1.807, 2.05) is 89.8 Å². The molecule has 0 radical (unpaired) electrons. The first kappa shape index (κ1) is 23.8. The van der Waals surface area contributed by atoms with E-state index in [1.54, 1.807) is 6.20 Å². The van der Waals surface area contributed by atoms with Crippen LogP contribution < -0.4 is 10.6 Å². The van der Waals surface area contributed by atoms with Gasteiger partial charge in [0.25, 0.3) is 0 Å². The van der Waals surface area contributed by atoms with Gasteiger partial charge in [-0.25, -0.2) is 0 Å². The summed E-state index contributed by atoms with van der Waals surface area (Å²) < 4.78 is 6.35.